The molecule has 0 saturated heterocycles. The average molecular weight is 273 g/mol. The summed E-state index contributed by atoms with van der Waals surface area (Å²) in [6, 6.07) is 4.08. The second kappa shape index (κ2) is 5.12. The standard InChI is InChI=1S/C16H19NO3/c1-9-7-10(2)15-11(3)12(5-6-14(18)19)16(20)17(4)13(15)8-9/h7-8H,5-6H2,1-4H3,(H,18,19). The highest BCUT2D eigenvalue weighted by atomic mass is 16.4. The minimum absolute atomic E-state index is 0.0213. The molecule has 0 aliphatic carbocycles. The Balaban J connectivity index is 2.79. The molecule has 0 fully saturated rings. The normalized spacial score (nSPS) is 11.0. The summed E-state index contributed by atoms with van der Waals surface area (Å²) in [7, 11) is 1.74. The van der Waals surface area contributed by atoms with Gasteiger partial charge in [-0.05, 0) is 49.9 Å². The van der Waals surface area contributed by atoms with E-state index in [2.05, 4.69) is 6.07 Å². The number of hydrogen-bond acceptors (Lipinski definition) is 2. The molecule has 2 aromatic rings. The van der Waals surface area contributed by atoms with Crippen LogP contribution in [-0.4, -0.2) is 15.6 Å². The number of hydrogen-bond donors (Lipinski definition) is 1. The number of carboxylic acids is 1. The van der Waals surface area contributed by atoms with E-state index < -0.39 is 5.97 Å². The van der Waals surface area contributed by atoms with Crippen LogP contribution in [0.4, 0.5) is 0 Å². The van der Waals surface area contributed by atoms with Crippen molar-refractivity contribution in [2.75, 3.05) is 0 Å². The molecule has 0 saturated carbocycles. The molecule has 0 unspecified atom stereocenters. The molecule has 2 rings (SSSR count). The number of nitrogens with zero attached hydrogens (tertiary/aromatic N) is 1. The second-order valence-electron chi connectivity index (χ2n) is 5.34. The zero-order valence-corrected chi connectivity index (χ0v) is 12.3. The molecular formula is C16H19NO3. The van der Waals surface area contributed by atoms with Gasteiger partial charge in [0.05, 0.1) is 5.52 Å². The van der Waals surface area contributed by atoms with Gasteiger partial charge >= 0.3 is 5.97 Å². The molecule has 0 radical (unpaired) electrons. The van der Waals surface area contributed by atoms with Crippen molar-refractivity contribution < 1.29 is 9.90 Å². The van der Waals surface area contributed by atoms with Crippen molar-refractivity contribution in [2.45, 2.75) is 33.6 Å². The van der Waals surface area contributed by atoms with Gasteiger partial charge in [-0.2, -0.15) is 0 Å². The summed E-state index contributed by atoms with van der Waals surface area (Å²) in [6.45, 7) is 5.93. The molecule has 1 N–H and O–H groups in total. The minimum atomic E-state index is -0.882. The average Bonchev–Trinajstić information content (AvgIpc) is 2.34. The highest BCUT2D eigenvalue weighted by molar-refractivity contribution is 5.87. The van der Waals surface area contributed by atoms with Crippen LogP contribution in [0.15, 0.2) is 16.9 Å². The van der Waals surface area contributed by atoms with E-state index in [-0.39, 0.29) is 18.4 Å². The molecule has 1 aromatic heterocycles. The zero-order chi connectivity index (χ0) is 15.0. The molecular weight excluding hydrogens is 254 g/mol. The van der Waals surface area contributed by atoms with Gasteiger partial charge in [0, 0.05) is 24.4 Å². The fourth-order valence-electron chi connectivity index (χ4n) is 2.85. The number of pyridine rings is 1. The van der Waals surface area contributed by atoms with Crippen LogP contribution < -0.4 is 5.56 Å². The van der Waals surface area contributed by atoms with Gasteiger partial charge in [-0.1, -0.05) is 6.07 Å². The van der Waals surface area contributed by atoms with E-state index in [1.165, 1.54) is 0 Å². The Labute approximate surface area is 117 Å². The fourth-order valence-corrected chi connectivity index (χ4v) is 2.85. The van der Waals surface area contributed by atoms with Gasteiger partial charge in [-0.25, -0.2) is 0 Å². The second-order valence-corrected chi connectivity index (χ2v) is 5.34. The van der Waals surface area contributed by atoms with E-state index in [0.29, 0.717) is 5.56 Å². The number of carboxylic acid groups (broad SMARTS) is 1. The minimum Gasteiger partial charge on any atom is -0.481 e. The van der Waals surface area contributed by atoms with Gasteiger partial charge in [0.2, 0.25) is 0 Å². The lowest BCUT2D eigenvalue weighted by molar-refractivity contribution is -0.136. The van der Waals surface area contributed by atoms with Crippen LogP contribution in [0.25, 0.3) is 10.9 Å². The lowest BCUT2D eigenvalue weighted by atomic mass is 9.96. The Kier molecular flexibility index (Phi) is 3.66. The molecule has 1 aromatic carbocycles. The third-order valence-corrected chi connectivity index (χ3v) is 3.80. The maximum Gasteiger partial charge on any atom is 0.303 e. The third kappa shape index (κ3) is 2.33. The highest BCUT2D eigenvalue weighted by Crippen LogP contribution is 2.24. The molecule has 1 heterocycles. The van der Waals surface area contributed by atoms with Gasteiger partial charge in [-0.3, -0.25) is 9.59 Å². The summed E-state index contributed by atoms with van der Waals surface area (Å²) >= 11 is 0. The number of aromatic nitrogens is 1. The highest BCUT2D eigenvalue weighted by Gasteiger charge is 2.14. The predicted octanol–water partition coefficient (Wildman–Crippen LogP) is 2.48. The summed E-state index contributed by atoms with van der Waals surface area (Å²) in [6.07, 6.45) is 0.254. The van der Waals surface area contributed by atoms with E-state index >= 15 is 0 Å². The third-order valence-electron chi connectivity index (χ3n) is 3.80. The molecule has 4 nitrogen and oxygen atoms in total. The molecule has 4 heteroatoms. The Morgan fingerprint density at radius 1 is 1.25 bits per heavy atom. The lowest BCUT2D eigenvalue weighted by Crippen LogP contribution is -2.24. The van der Waals surface area contributed by atoms with E-state index in [1.54, 1.807) is 11.6 Å². The van der Waals surface area contributed by atoms with Crippen LogP contribution in [0, 0.1) is 20.8 Å². The van der Waals surface area contributed by atoms with Gasteiger partial charge < -0.3 is 9.67 Å². The van der Waals surface area contributed by atoms with E-state index in [1.807, 2.05) is 26.8 Å². The van der Waals surface area contributed by atoms with Crippen molar-refractivity contribution >= 4 is 16.9 Å². The van der Waals surface area contributed by atoms with Crippen LogP contribution in [-0.2, 0) is 18.3 Å². The molecule has 106 valence electrons. The Morgan fingerprint density at radius 3 is 2.50 bits per heavy atom. The number of carbonyl (C=O) groups is 1. The van der Waals surface area contributed by atoms with Crippen molar-refractivity contribution in [3.63, 3.8) is 0 Å². The van der Waals surface area contributed by atoms with Crippen molar-refractivity contribution in [1.29, 1.82) is 0 Å². The Bertz CT molecular complexity index is 757. The Hall–Kier alpha value is -2.10. The zero-order valence-electron chi connectivity index (χ0n) is 12.3. The smallest absolute Gasteiger partial charge is 0.303 e. The molecule has 0 atom stereocenters. The molecule has 0 aliphatic heterocycles. The largest absolute Gasteiger partial charge is 0.481 e. The summed E-state index contributed by atoms with van der Waals surface area (Å²) in [5, 5.41) is 9.88. The van der Waals surface area contributed by atoms with Crippen LogP contribution in [0.1, 0.15) is 28.7 Å². The summed E-state index contributed by atoms with van der Waals surface area (Å²) in [5.41, 5.74) is 4.55. The van der Waals surface area contributed by atoms with Gasteiger partial charge in [0.25, 0.3) is 5.56 Å². The van der Waals surface area contributed by atoms with Crippen molar-refractivity contribution in [1.82, 2.24) is 4.57 Å². The summed E-state index contributed by atoms with van der Waals surface area (Å²) < 4.78 is 1.62. The van der Waals surface area contributed by atoms with E-state index in [9.17, 15) is 9.59 Å². The summed E-state index contributed by atoms with van der Waals surface area (Å²) in [5.74, 6) is -0.882. The quantitative estimate of drug-likeness (QED) is 0.934. The van der Waals surface area contributed by atoms with Crippen LogP contribution in [0.5, 0.6) is 0 Å². The monoisotopic (exact) mass is 273 g/mol. The number of benzene rings is 1. The van der Waals surface area contributed by atoms with Crippen molar-refractivity contribution in [3.05, 3.63) is 44.7 Å². The first-order valence-corrected chi connectivity index (χ1v) is 6.64. The molecule has 0 bridgehead atoms. The maximum atomic E-state index is 12.4. The van der Waals surface area contributed by atoms with Crippen molar-refractivity contribution in [3.8, 4) is 0 Å². The first-order valence-electron chi connectivity index (χ1n) is 6.64. The van der Waals surface area contributed by atoms with Gasteiger partial charge in [-0.15, -0.1) is 0 Å². The van der Waals surface area contributed by atoms with Gasteiger partial charge in [0.15, 0.2) is 0 Å². The first-order chi connectivity index (χ1) is 9.32. The SMILES string of the molecule is Cc1cc(C)c2c(C)c(CCC(=O)O)c(=O)n(C)c2c1. The van der Waals surface area contributed by atoms with Gasteiger partial charge in [0.1, 0.15) is 0 Å². The molecule has 0 amide bonds. The molecule has 0 aliphatic rings. The number of aliphatic carboxylic acids is 1. The fraction of sp³-hybridized carbons (Fsp3) is 0.375. The number of rotatable bonds is 3. The predicted molar refractivity (Wildman–Crippen MR) is 79.4 cm³/mol. The topological polar surface area (TPSA) is 59.3 Å². The van der Waals surface area contributed by atoms with Crippen LogP contribution in [0.2, 0.25) is 0 Å². The van der Waals surface area contributed by atoms with Crippen molar-refractivity contribution in [2.24, 2.45) is 7.05 Å². The van der Waals surface area contributed by atoms with Crippen LogP contribution in [0.3, 0.4) is 0 Å². The van der Waals surface area contributed by atoms with E-state index in [4.69, 9.17) is 5.11 Å². The lowest BCUT2D eigenvalue weighted by Gasteiger charge is -2.15. The molecule has 20 heavy (non-hydrogen) atoms. The number of fused-ring (bicyclic) bond motifs is 1. The molecule has 0 spiro atoms. The first kappa shape index (κ1) is 14.3. The maximum absolute atomic E-state index is 12.4. The number of aryl methyl sites for hydroxylation is 4. The summed E-state index contributed by atoms with van der Waals surface area (Å²) in [4.78, 5) is 23.2. The van der Waals surface area contributed by atoms with Crippen LogP contribution >= 0.6 is 0 Å². The Morgan fingerprint density at radius 2 is 1.90 bits per heavy atom. The van der Waals surface area contributed by atoms with E-state index in [0.717, 1.165) is 27.6 Å².